The highest BCUT2D eigenvalue weighted by Gasteiger charge is 2.48. The van der Waals surface area contributed by atoms with Crippen molar-refractivity contribution in [3.63, 3.8) is 0 Å². The van der Waals surface area contributed by atoms with Crippen molar-refractivity contribution in [3.05, 3.63) is 59.9 Å². The van der Waals surface area contributed by atoms with Crippen molar-refractivity contribution in [3.8, 4) is 5.75 Å². The summed E-state index contributed by atoms with van der Waals surface area (Å²) in [7, 11) is 0. The molecule has 11 heteroatoms. The van der Waals surface area contributed by atoms with Crippen LogP contribution < -0.4 is 5.73 Å². The van der Waals surface area contributed by atoms with E-state index in [-0.39, 0.29) is 12.4 Å². The highest BCUT2D eigenvalue weighted by atomic mass is 16.8. The summed E-state index contributed by atoms with van der Waals surface area (Å²) >= 11 is 0. The lowest BCUT2D eigenvalue weighted by molar-refractivity contribution is -0.313. The van der Waals surface area contributed by atoms with E-state index in [1.54, 1.807) is 30.4 Å². The normalized spacial score (nSPS) is 36.5. The monoisotopic (exact) mass is 491 g/mol. The van der Waals surface area contributed by atoms with Crippen molar-refractivity contribution in [2.24, 2.45) is 17.6 Å². The van der Waals surface area contributed by atoms with Gasteiger partial charge in [-0.15, -0.1) is 0 Å². The molecule has 9 atom stereocenters. The van der Waals surface area contributed by atoms with Gasteiger partial charge in [0.15, 0.2) is 6.29 Å². The maximum Gasteiger partial charge on any atom is 0.331 e. The third-order valence-electron chi connectivity index (χ3n) is 6.31. The number of rotatable bonds is 7. The number of aliphatic hydroxyl groups excluding tert-OH is 4. The van der Waals surface area contributed by atoms with E-state index in [1.807, 2.05) is 0 Å². The first-order chi connectivity index (χ1) is 16.8. The van der Waals surface area contributed by atoms with E-state index in [0.29, 0.717) is 11.1 Å². The van der Waals surface area contributed by atoms with Crippen LogP contribution in [0.15, 0.2) is 54.3 Å². The Kier molecular flexibility index (Phi) is 7.87. The molecule has 1 aromatic rings. The van der Waals surface area contributed by atoms with Crippen LogP contribution in [-0.4, -0.2) is 87.8 Å². The molecule has 35 heavy (non-hydrogen) atoms. The van der Waals surface area contributed by atoms with Gasteiger partial charge < -0.3 is 50.2 Å². The summed E-state index contributed by atoms with van der Waals surface area (Å²) < 4.78 is 22.3. The summed E-state index contributed by atoms with van der Waals surface area (Å²) in [4.78, 5) is 12.2. The molecule has 1 fully saturated rings. The van der Waals surface area contributed by atoms with Crippen LogP contribution in [0.4, 0.5) is 0 Å². The number of fused-ring (bicyclic) bond motifs is 1. The Morgan fingerprint density at radius 1 is 1.11 bits per heavy atom. The fourth-order valence-corrected chi connectivity index (χ4v) is 4.36. The minimum Gasteiger partial charge on any atom is -0.508 e. The van der Waals surface area contributed by atoms with Gasteiger partial charge in [-0.2, -0.15) is 0 Å². The van der Waals surface area contributed by atoms with Crippen molar-refractivity contribution in [2.45, 2.75) is 43.0 Å². The molecule has 2 aliphatic heterocycles. The van der Waals surface area contributed by atoms with E-state index in [0.717, 1.165) is 0 Å². The predicted molar refractivity (Wildman–Crippen MR) is 120 cm³/mol. The van der Waals surface area contributed by atoms with Crippen molar-refractivity contribution < 1.29 is 49.3 Å². The van der Waals surface area contributed by atoms with Gasteiger partial charge in [0.1, 0.15) is 30.7 Å². The lowest BCUT2D eigenvalue weighted by atomic mass is 9.88. The first-order valence-electron chi connectivity index (χ1n) is 11.2. The van der Waals surface area contributed by atoms with Crippen LogP contribution in [0.5, 0.6) is 5.75 Å². The quantitative estimate of drug-likeness (QED) is 0.159. The van der Waals surface area contributed by atoms with E-state index >= 15 is 0 Å². The molecule has 0 unspecified atom stereocenters. The van der Waals surface area contributed by atoms with Gasteiger partial charge in [0.2, 0.25) is 6.29 Å². The molecule has 4 rings (SSSR count). The smallest absolute Gasteiger partial charge is 0.331 e. The van der Waals surface area contributed by atoms with E-state index in [9.17, 15) is 30.3 Å². The van der Waals surface area contributed by atoms with Gasteiger partial charge in [-0.25, -0.2) is 4.79 Å². The molecule has 190 valence electrons. The van der Waals surface area contributed by atoms with Crippen molar-refractivity contribution in [1.29, 1.82) is 0 Å². The topological polar surface area (TPSA) is 181 Å². The van der Waals surface area contributed by atoms with Gasteiger partial charge in [-0.1, -0.05) is 18.2 Å². The minimum absolute atomic E-state index is 0.115. The lowest BCUT2D eigenvalue weighted by Gasteiger charge is -2.43. The van der Waals surface area contributed by atoms with Crippen LogP contribution in [0.2, 0.25) is 0 Å². The second-order valence-electron chi connectivity index (χ2n) is 8.62. The number of hydrogen-bond donors (Lipinski definition) is 6. The maximum absolute atomic E-state index is 12.2. The Hall–Kier alpha value is -2.77. The molecule has 2 heterocycles. The zero-order valence-corrected chi connectivity index (χ0v) is 18.7. The summed E-state index contributed by atoms with van der Waals surface area (Å²) in [5, 5.41) is 49.4. The minimum atomic E-state index is -1.40. The molecule has 1 saturated heterocycles. The number of aromatic hydroxyl groups is 1. The number of carbonyl (C=O) groups is 1. The zero-order chi connectivity index (χ0) is 25.1. The van der Waals surface area contributed by atoms with Gasteiger partial charge in [-0.3, -0.25) is 0 Å². The maximum atomic E-state index is 12.2. The third kappa shape index (κ3) is 5.57. The first-order valence-corrected chi connectivity index (χ1v) is 11.2. The number of carbonyl (C=O) groups excluding carboxylic acids is 1. The molecular formula is C24H29NO10. The van der Waals surface area contributed by atoms with Crippen LogP contribution in [-0.2, 0) is 23.7 Å². The van der Waals surface area contributed by atoms with Crippen LogP contribution in [0.25, 0.3) is 6.08 Å². The molecule has 0 bridgehead atoms. The number of esters is 1. The van der Waals surface area contributed by atoms with Gasteiger partial charge in [-0.05, 0) is 35.4 Å². The number of nitrogens with two attached hydrogens (primary N) is 1. The van der Waals surface area contributed by atoms with Crippen LogP contribution in [0.1, 0.15) is 5.56 Å². The molecule has 0 spiro atoms. The lowest BCUT2D eigenvalue weighted by Crippen LogP contribution is -2.63. The number of ether oxygens (including phenoxy) is 4. The summed E-state index contributed by atoms with van der Waals surface area (Å²) in [6.45, 7) is -0.689. The molecular weight excluding hydrogens is 462 g/mol. The SMILES string of the molecule is N[C@H]1[C@H](O[C@@H]2OC=C[C@@H]3[C@H]2C(COC(=O)/C=C/c2ccc(O)cc2)=C[C@H]3O)O[C@H](CO)[C@@H](O)[C@@H]1O. The van der Waals surface area contributed by atoms with Crippen molar-refractivity contribution >= 4 is 12.0 Å². The second kappa shape index (κ2) is 10.9. The fraction of sp³-hybridized carbons (Fsp3) is 0.458. The number of benzene rings is 1. The molecule has 1 aliphatic carbocycles. The third-order valence-corrected chi connectivity index (χ3v) is 6.31. The van der Waals surface area contributed by atoms with Gasteiger partial charge >= 0.3 is 5.97 Å². The predicted octanol–water partition coefficient (Wildman–Crippen LogP) is -0.865. The largest absolute Gasteiger partial charge is 0.508 e. The molecule has 11 nitrogen and oxygen atoms in total. The summed E-state index contributed by atoms with van der Waals surface area (Å²) in [6.07, 6.45) is 0.439. The molecule has 0 radical (unpaired) electrons. The molecule has 1 aromatic carbocycles. The van der Waals surface area contributed by atoms with Crippen molar-refractivity contribution in [2.75, 3.05) is 13.2 Å². The van der Waals surface area contributed by atoms with E-state index < -0.39 is 67.4 Å². The summed E-state index contributed by atoms with van der Waals surface area (Å²) in [6, 6.07) is 5.15. The second-order valence-corrected chi connectivity index (χ2v) is 8.62. The Morgan fingerprint density at radius 3 is 2.57 bits per heavy atom. The van der Waals surface area contributed by atoms with Gasteiger partial charge in [0.25, 0.3) is 0 Å². The number of phenols is 1. The average Bonchev–Trinajstić information content (AvgIpc) is 3.19. The Labute approximate surface area is 201 Å². The first kappa shape index (κ1) is 25.3. The number of aliphatic hydroxyl groups is 4. The van der Waals surface area contributed by atoms with Crippen molar-refractivity contribution in [1.82, 2.24) is 0 Å². The Bertz CT molecular complexity index is 975. The average molecular weight is 491 g/mol. The number of hydrogen-bond acceptors (Lipinski definition) is 11. The number of phenolic OH excluding ortho intramolecular Hbond substituents is 1. The van der Waals surface area contributed by atoms with Crippen LogP contribution in [0, 0.1) is 11.8 Å². The van der Waals surface area contributed by atoms with Gasteiger partial charge in [0.05, 0.1) is 30.9 Å². The van der Waals surface area contributed by atoms with E-state index in [2.05, 4.69) is 0 Å². The molecule has 7 N–H and O–H groups in total. The summed E-state index contributed by atoms with van der Waals surface area (Å²) in [5.74, 6) is -1.46. The highest BCUT2D eigenvalue weighted by Crippen LogP contribution is 2.41. The summed E-state index contributed by atoms with van der Waals surface area (Å²) in [5.41, 5.74) is 7.23. The standard InChI is InChI=1S/C24H29NO10/c25-20-22(31)21(30)17(10-26)34-24(20)35-23-19-13(9-16(28)15(19)7-8-32-23)11-33-18(29)6-3-12-1-4-14(27)5-2-12/h1-9,15-17,19-24,26-28,30-31H,10-11,25H2/b6-3+/t15-,16+,17+,19+,20+,21+,22+,23-,24-/m0/s1. The van der Waals surface area contributed by atoms with Crippen LogP contribution >= 0.6 is 0 Å². The van der Waals surface area contributed by atoms with Gasteiger partial charge in [0, 0.05) is 12.0 Å². The zero-order valence-electron chi connectivity index (χ0n) is 18.7. The van der Waals surface area contributed by atoms with Crippen LogP contribution in [0.3, 0.4) is 0 Å². The van der Waals surface area contributed by atoms with E-state index in [1.165, 1.54) is 24.5 Å². The molecule has 0 amide bonds. The Balaban J connectivity index is 1.40. The highest BCUT2D eigenvalue weighted by molar-refractivity contribution is 5.87. The Morgan fingerprint density at radius 2 is 1.86 bits per heavy atom. The fourth-order valence-electron chi connectivity index (χ4n) is 4.36. The molecule has 0 saturated carbocycles. The molecule has 0 aromatic heterocycles. The molecule has 3 aliphatic rings. The van der Waals surface area contributed by atoms with E-state index in [4.69, 9.17) is 24.7 Å².